The molecule has 7 nitrogen and oxygen atoms in total. The molecule has 0 spiro atoms. The van der Waals surface area contributed by atoms with E-state index in [4.69, 9.17) is 9.47 Å². The van der Waals surface area contributed by atoms with Crippen LogP contribution >= 0.6 is 0 Å². The van der Waals surface area contributed by atoms with E-state index in [1.165, 1.54) is 20.3 Å². The fourth-order valence-electron chi connectivity index (χ4n) is 2.03. The molecular formula is C17H18N2O5. The van der Waals surface area contributed by atoms with Gasteiger partial charge in [0.2, 0.25) is 0 Å². The molecule has 0 aliphatic heterocycles. The molecule has 0 aliphatic carbocycles. The number of hydrogen-bond donors (Lipinski definition) is 2. The van der Waals surface area contributed by atoms with Crippen molar-refractivity contribution >= 4 is 23.4 Å². The van der Waals surface area contributed by atoms with Crippen molar-refractivity contribution in [3.05, 3.63) is 48.0 Å². The molecule has 2 rings (SSSR count). The van der Waals surface area contributed by atoms with E-state index in [0.29, 0.717) is 28.4 Å². The van der Waals surface area contributed by atoms with Gasteiger partial charge in [0, 0.05) is 11.8 Å². The van der Waals surface area contributed by atoms with Crippen molar-refractivity contribution in [2.45, 2.75) is 0 Å². The predicted octanol–water partition coefficient (Wildman–Crippen LogP) is 3.13. The molecule has 2 N–H and O–H groups in total. The number of ether oxygens (including phenoxy) is 3. The summed E-state index contributed by atoms with van der Waals surface area (Å²) in [4.78, 5) is 23.6. The van der Waals surface area contributed by atoms with Gasteiger partial charge in [0.25, 0.3) is 0 Å². The highest BCUT2D eigenvalue weighted by molar-refractivity contribution is 6.01. The Kier molecular flexibility index (Phi) is 5.62. The number of hydrogen-bond acceptors (Lipinski definition) is 5. The van der Waals surface area contributed by atoms with E-state index in [0.717, 1.165) is 0 Å². The molecule has 0 heterocycles. The average Bonchev–Trinajstić information content (AvgIpc) is 2.61. The van der Waals surface area contributed by atoms with Crippen molar-refractivity contribution in [3.63, 3.8) is 0 Å². The van der Waals surface area contributed by atoms with Crippen molar-refractivity contribution in [1.29, 1.82) is 0 Å². The summed E-state index contributed by atoms with van der Waals surface area (Å²) in [5, 5.41) is 5.32. The van der Waals surface area contributed by atoms with Gasteiger partial charge in [-0.25, -0.2) is 9.59 Å². The van der Waals surface area contributed by atoms with Crippen molar-refractivity contribution in [1.82, 2.24) is 0 Å². The summed E-state index contributed by atoms with van der Waals surface area (Å²) >= 11 is 0. The summed E-state index contributed by atoms with van der Waals surface area (Å²) in [5.74, 6) is 0.604. The summed E-state index contributed by atoms with van der Waals surface area (Å²) in [6.07, 6.45) is 0. The molecule has 0 aliphatic rings. The Morgan fingerprint density at radius 2 is 1.71 bits per heavy atom. The molecule has 7 heteroatoms. The first-order chi connectivity index (χ1) is 11.6. The third-order valence-electron chi connectivity index (χ3n) is 3.20. The molecule has 0 radical (unpaired) electrons. The second kappa shape index (κ2) is 7.87. The lowest BCUT2D eigenvalue weighted by Crippen LogP contribution is -2.20. The van der Waals surface area contributed by atoms with E-state index in [9.17, 15) is 9.59 Å². The van der Waals surface area contributed by atoms with Gasteiger partial charge in [-0.05, 0) is 30.3 Å². The van der Waals surface area contributed by atoms with Gasteiger partial charge in [0.05, 0.1) is 32.6 Å². The molecule has 2 aromatic carbocycles. The van der Waals surface area contributed by atoms with Crippen LogP contribution < -0.4 is 20.1 Å². The van der Waals surface area contributed by atoms with Crippen LogP contribution in [0.25, 0.3) is 0 Å². The van der Waals surface area contributed by atoms with E-state index in [1.807, 2.05) is 0 Å². The lowest BCUT2D eigenvalue weighted by Gasteiger charge is -2.12. The lowest BCUT2D eigenvalue weighted by atomic mass is 10.2. The minimum absolute atomic E-state index is 0.345. The monoisotopic (exact) mass is 330 g/mol. The van der Waals surface area contributed by atoms with Crippen LogP contribution in [-0.4, -0.2) is 33.3 Å². The van der Waals surface area contributed by atoms with E-state index in [2.05, 4.69) is 15.4 Å². The Bertz CT molecular complexity index is 746. The quantitative estimate of drug-likeness (QED) is 0.823. The van der Waals surface area contributed by atoms with Crippen LogP contribution in [0.4, 0.5) is 16.2 Å². The van der Waals surface area contributed by atoms with Crippen LogP contribution in [0.3, 0.4) is 0 Å². The van der Waals surface area contributed by atoms with Crippen molar-refractivity contribution < 1.29 is 23.8 Å². The minimum Gasteiger partial charge on any atom is -0.497 e. The molecular weight excluding hydrogens is 312 g/mol. The Morgan fingerprint density at radius 1 is 0.917 bits per heavy atom. The van der Waals surface area contributed by atoms with Crippen LogP contribution in [0.1, 0.15) is 10.4 Å². The molecule has 0 saturated carbocycles. The Hall–Kier alpha value is -3.22. The SMILES string of the molecule is COC(=O)c1cccc(NC(=O)Nc2ccc(OC)cc2OC)c1. The fraction of sp³-hybridized carbons (Fsp3) is 0.176. The highest BCUT2D eigenvalue weighted by atomic mass is 16.5. The Balaban J connectivity index is 2.10. The number of esters is 1. The topological polar surface area (TPSA) is 85.9 Å². The third-order valence-corrected chi connectivity index (χ3v) is 3.20. The Labute approximate surface area is 139 Å². The molecule has 2 aromatic rings. The fourth-order valence-corrected chi connectivity index (χ4v) is 2.03. The molecule has 0 unspecified atom stereocenters. The zero-order valence-electron chi connectivity index (χ0n) is 13.6. The van der Waals surface area contributed by atoms with Crippen molar-refractivity contribution in [2.24, 2.45) is 0 Å². The molecule has 24 heavy (non-hydrogen) atoms. The molecule has 126 valence electrons. The molecule has 0 saturated heterocycles. The highest BCUT2D eigenvalue weighted by Crippen LogP contribution is 2.29. The summed E-state index contributed by atoms with van der Waals surface area (Å²) in [6, 6.07) is 11.0. The maximum atomic E-state index is 12.1. The standard InChI is InChI=1S/C17H18N2O5/c1-22-13-7-8-14(15(10-13)23-2)19-17(21)18-12-6-4-5-11(9-12)16(20)24-3/h4-10H,1-3H3,(H2,18,19,21). The van der Waals surface area contributed by atoms with Gasteiger partial charge < -0.3 is 24.8 Å². The van der Waals surface area contributed by atoms with E-state index >= 15 is 0 Å². The molecule has 0 atom stereocenters. The number of nitrogens with one attached hydrogen (secondary N) is 2. The molecule has 0 aromatic heterocycles. The van der Waals surface area contributed by atoms with Gasteiger partial charge in [0.15, 0.2) is 0 Å². The third kappa shape index (κ3) is 4.16. The van der Waals surface area contributed by atoms with E-state index in [1.54, 1.807) is 43.5 Å². The van der Waals surface area contributed by atoms with Crippen LogP contribution in [-0.2, 0) is 4.74 Å². The average molecular weight is 330 g/mol. The maximum absolute atomic E-state index is 12.1. The van der Waals surface area contributed by atoms with Gasteiger partial charge in [-0.15, -0.1) is 0 Å². The van der Waals surface area contributed by atoms with Gasteiger partial charge in [-0.1, -0.05) is 6.07 Å². The second-order valence-corrected chi connectivity index (χ2v) is 4.72. The van der Waals surface area contributed by atoms with Crippen molar-refractivity contribution in [2.75, 3.05) is 32.0 Å². The normalized spacial score (nSPS) is 9.79. The number of benzene rings is 2. The largest absolute Gasteiger partial charge is 0.497 e. The van der Waals surface area contributed by atoms with Gasteiger partial charge in [0.1, 0.15) is 11.5 Å². The first-order valence-electron chi connectivity index (χ1n) is 7.05. The molecule has 0 bridgehead atoms. The smallest absolute Gasteiger partial charge is 0.337 e. The number of methoxy groups -OCH3 is 3. The van der Waals surface area contributed by atoms with Gasteiger partial charge in [-0.3, -0.25) is 0 Å². The number of amides is 2. The summed E-state index contributed by atoms with van der Waals surface area (Å²) in [7, 11) is 4.34. The molecule has 2 amide bonds. The van der Waals surface area contributed by atoms with E-state index < -0.39 is 12.0 Å². The second-order valence-electron chi connectivity index (χ2n) is 4.72. The lowest BCUT2D eigenvalue weighted by molar-refractivity contribution is 0.0600. The Morgan fingerprint density at radius 3 is 2.38 bits per heavy atom. The minimum atomic E-state index is -0.476. The highest BCUT2D eigenvalue weighted by Gasteiger charge is 2.10. The first kappa shape index (κ1) is 17.1. The zero-order valence-corrected chi connectivity index (χ0v) is 13.6. The summed E-state index contributed by atoms with van der Waals surface area (Å²) in [6.45, 7) is 0. The van der Waals surface area contributed by atoms with E-state index in [-0.39, 0.29) is 0 Å². The number of rotatable bonds is 5. The maximum Gasteiger partial charge on any atom is 0.337 e. The summed E-state index contributed by atoms with van der Waals surface area (Å²) in [5.41, 5.74) is 1.29. The van der Waals surface area contributed by atoms with Crippen LogP contribution in [0, 0.1) is 0 Å². The number of carbonyl (C=O) groups is 2. The van der Waals surface area contributed by atoms with Crippen molar-refractivity contribution in [3.8, 4) is 11.5 Å². The number of urea groups is 1. The number of anilines is 2. The van der Waals surface area contributed by atoms with Crippen LogP contribution in [0.5, 0.6) is 11.5 Å². The van der Waals surface area contributed by atoms with Crippen LogP contribution in [0.15, 0.2) is 42.5 Å². The first-order valence-corrected chi connectivity index (χ1v) is 7.05. The van der Waals surface area contributed by atoms with Gasteiger partial charge in [-0.2, -0.15) is 0 Å². The molecule has 0 fully saturated rings. The zero-order chi connectivity index (χ0) is 17.5. The summed E-state index contributed by atoms with van der Waals surface area (Å²) < 4.78 is 15.0. The van der Waals surface area contributed by atoms with Crippen LogP contribution in [0.2, 0.25) is 0 Å². The van der Waals surface area contributed by atoms with Gasteiger partial charge >= 0.3 is 12.0 Å². The predicted molar refractivity (Wildman–Crippen MR) is 90.0 cm³/mol. The number of carbonyl (C=O) groups excluding carboxylic acids is 2.